The summed E-state index contributed by atoms with van der Waals surface area (Å²) in [5.74, 6) is -0.0247. The highest BCUT2D eigenvalue weighted by atomic mass is 19.1. The number of carbonyl (C=O) groups excluding carboxylic acids is 1. The van der Waals surface area contributed by atoms with Crippen LogP contribution in [0.4, 0.5) is 10.1 Å². The molecule has 0 fully saturated rings. The Hall–Kier alpha value is -3.81. The SMILES string of the molecule is Cc1cccc(-c2nc3n(CC(=O)Nc4ccc(F)cc4)c(C)cc(=O)n3n2)c1. The van der Waals surface area contributed by atoms with Gasteiger partial charge in [-0.15, -0.1) is 5.10 Å². The fourth-order valence-electron chi connectivity index (χ4n) is 3.08. The van der Waals surface area contributed by atoms with Crippen LogP contribution in [0.25, 0.3) is 17.2 Å². The number of aromatic nitrogens is 4. The van der Waals surface area contributed by atoms with E-state index in [2.05, 4.69) is 15.4 Å². The van der Waals surface area contributed by atoms with E-state index in [1.165, 1.54) is 34.8 Å². The summed E-state index contributed by atoms with van der Waals surface area (Å²) < 4.78 is 15.8. The van der Waals surface area contributed by atoms with Crippen LogP contribution in [0.3, 0.4) is 0 Å². The van der Waals surface area contributed by atoms with Gasteiger partial charge in [-0.3, -0.25) is 9.59 Å². The summed E-state index contributed by atoms with van der Waals surface area (Å²) in [5, 5.41) is 7.03. The molecule has 0 aliphatic heterocycles. The van der Waals surface area contributed by atoms with Gasteiger partial charge < -0.3 is 9.88 Å². The maximum atomic E-state index is 13.0. The molecule has 1 N–H and O–H groups in total. The summed E-state index contributed by atoms with van der Waals surface area (Å²) in [5.41, 5.74) is 2.58. The first-order valence-electron chi connectivity index (χ1n) is 9.00. The van der Waals surface area contributed by atoms with Gasteiger partial charge in [0.25, 0.3) is 5.56 Å². The first-order valence-corrected chi connectivity index (χ1v) is 9.00. The number of hydrogen-bond acceptors (Lipinski definition) is 4. The van der Waals surface area contributed by atoms with E-state index in [0.29, 0.717) is 17.2 Å². The summed E-state index contributed by atoms with van der Waals surface area (Å²) in [6.07, 6.45) is 0. The molecule has 146 valence electrons. The van der Waals surface area contributed by atoms with Crippen LogP contribution < -0.4 is 10.9 Å². The maximum Gasteiger partial charge on any atom is 0.275 e. The lowest BCUT2D eigenvalue weighted by Crippen LogP contribution is -2.25. The zero-order valence-corrected chi connectivity index (χ0v) is 15.9. The highest BCUT2D eigenvalue weighted by molar-refractivity contribution is 5.90. The minimum absolute atomic E-state index is 0.0705. The third-order valence-electron chi connectivity index (χ3n) is 4.50. The first-order chi connectivity index (χ1) is 13.9. The molecular formula is C21H18FN5O2. The van der Waals surface area contributed by atoms with Crippen molar-refractivity contribution in [3.05, 3.63) is 82.0 Å². The van der Waals surface area contributed by atoms with Crippen LogP contribution in [0, 0.1) is 19.7 Å². The van der Waals surface area contributed by atoms with Gasteiger partial charge in [-0.1, -0.05) is 23.8 Å². The molecule has 4 rings (SSSR count). The highest BCUT2D eigenvalue weighted by Gasteiger charge is 2.16. The van der Waals surface area contributed by atoms with Crippen molar-refractivity contribution in [2.75, 3.05) is 5.32 Å². The predicted octanol–water partition coefficient (Wildman–Crippen LogP) is 2.95. The Labute approximate surface area is 165 Å². The second-order valence-electron chi connectivity index (χ2n) is 6.78. The monoisotopic (exact) mass is 391 g/mol. The standard InChI is InChI=1S/C21H18FN5O2/c1-13-4-3-5-15(10-13)20-24-21-26(14(2)11-19(29)27(21)25-20)12-18(28)23-17-8-6-16(22)7-9-17/h3-11H,12H2,1-2H3,(H,23,28). The van der Waals surface area contributed by atoms with Crippen molar-refractivity contribution in [3.63, 3.8) is 0 Å². The third-order valence-corrected chi connectivity index (χ3v) is 4.50. The third kappa shape index (κ3) is 3.77. The average Bonchev–Trinajstić information content (AvgIpc) is 3.13. The minimum Gasteiger partial charge on any atom is -0.325 e. The topological polar surface area (TPSA) is 81.3 Å². The van der Waals surface area contributed by atoms with E-state index in [4.69, 9.17) is 0 Å². The lowest BCUT2D eigenvalue weighted by atomic mass is 10.1. The van der Waals surface area contributed by atoms with Gasteiger partial charge in [-0.05, 0) is 44.2 Å². The summed E-state index contributed by atoms with van der Waals surface area (Å²) >= 11 is 0. The Bertz CT molecular complexity index is 1270. The molecule has 0 bridgehead atoms. The van der Waals surface area contributed by atoms with Gasteiger partial charge in [-0.2, -0.15) is 9.50 Å². The average molecular weight is 391 g/mol. The van der Waals surface area contributed by atoms with Gasteiger partial charge in [0, 0.05) is 23.0 Å². The van der Waals surface area contributed by atoms with Gasteiger partial charge in [0.2, 0.25) is 11.7 Å². The predicted molar refractivity (Wildman–Crippen MR) is 107 cm³/mol. The molecule has 0 spiro atoms. The number of rotatable bonds is 4. The summed E-state index contributed by atoms with van der Waals surface area (Å²) in [6, 6.07) is 14.6. The molecule has 7 nitrogen and oxygen atoms in total. The molecule has 0 saturated heterocycles. The molecule has 4 aromatic rings. The van der Waals surface area contributed by atoms with Crippen LogP contribution in [0.5, 0.6) is 0 Å². The van der Waals surface area contributed by atoms with Crippen LogP contribution in [0.15, 0.2) is 59.4 Å². The van der Waals surface area contributed by atoms with E-state index < -0.39 is 0 Å². The molecule has 0 unspecified atom stereocenters. The summed E-state index contributed by atoms with van der Waals surface area (Å²) in [6.45, 7) is 3.62. The highest BCUT2D eigenvalue weighted by Crippen LogP contribution is 2.17. The van der Waals surface area contributed by atoms with E-state index in [1.54, 1.807) is 11.5 Å². The maximum absolute atomic E-state index is 13.0. The number of aryl methyl sites for hydroxylation is 2. The van der Waals surface area contributed by atoms with E-state index >= 15 is 0 Å². The minimum atomic E-state index is -0.381. The quantitative estimate of drug-likeness (QED) is 0.580. The molecular weight excluding hydrogens is 373 g/mol. The van der Waals surface area contributed by atoms with Crippen molar-refractivity contribution in [3.8, 4) is 11.4 Å². The molecule has 0 radical (unpaired) electrons. The summed E-state index contributed by atoms with van der Waals surface area (Å²) in [7, 11) is 0. The van der Waals surface area contributed by atoms with E-state index in [-0.39, 0.29) is 29.6 Å². The Morgan fingerprint density at radius 1 is 1.10 bits per heavy atom. The lowest BCUT2D eigenvalue weighted by molar-refractivity contribution is -0.116. The number of fused-ring (bicyclic) bond motifs is 1. The second kappa shape index (κ2) is 7.31. The zero-order valence-electron chi connectivity index (χ0n) is 15.9. The molecule has 1 amide bonds. The van der Waals surface area contributed by atoms with Gasteiger partial charge in [0.1, 0.15) is 12.4 Å². The normalized spacial score (nSPS) is 11.0. The van der Waals surface area contributed by atoms with Crippen LogP contribution in [-0.4, -0.2) is 25.1 Å². The van der Waals surface area contributed by atoms with Gasteiger partial charge in [-0.25, -0.2) is 4.39 Å². The van der Waals surface area contributed by atoms with Crippen molar-refractivity contribution in [1.82, 2.24) is 19.2 Å². The van der Waals surface area contributed by atoms with Crippen LogP contribution in [-0.2, 0) is 11.3 Å². The van der Waals surface area contributed by atoms with Crippen molar-refractivity contribution < 1.29 is 9.18 Å². The largest absolute Gasteiger partial charge is 0.325 e. The number of nitrogens with one attached hydrogen (secondary N) is 1. The van der Waals surface area contributed by atoms with E-state index in [9.17, 15) is 14.0 Å². The zero-order chi connectivity index (χ0) is 20.5. The smallest absolute Gasteiger partial charge is 0.275 e. The summed E-state index contributed by atoms with van der Waals surface area (Å²) in [4.78, 5) is 29.4. The Kier molecular flexibility index (Phi) is 4.67. The van der Waals surface area contributed by atoms with Crippen LogP contribution >= 0.6 is 0 Å². The second-order valence-corrected chi connectivity index (χ2v) is 6.78. The number of benzene rings is 2. The van der Waals surface area contributed by atoms with Gasteiger partial charge in [0.05, 0.1) is 0 Å². The van der Waals surface area contributed by atoms with Gasteiger partial charge >= 0.3 is 0 Å². The fourth-order valence-corrected chi connectivity index (χ4v) is 3.08. The number of hydrogen-bond donors (Lipinski definition) is 1. The Morgan fingerprint density at radius 3 is 2.59 bits per heavy atom. The fraction of sp³-hybridized carbons (Fsp3) is 0.143. The Morgan fingerprint density at radius 2 is 1.86 bits per heavy atom. The number of amides is 1. The number of carbonyl (C=O) groups is 1. The molecule has 0 atom stereocenters. The molecule has 8 heteroatoms. The first kappa shape index (κ1) is 18.5. The molecule has 0 aliphatic carbocycles. The van der Waals surface area contributed by atoms with Gasteiger partial charge in [0.15, 0.2) is 5.82 Å². The van der Waals surface area contributed by atoms with Crippen molar-refractivity contribution in [1.29, 1.82) is 0 Å². The van der Waals surface area contributed by atoms with Crippen molar-refractivity contribution in [2.24, 2.45) is 0 Å². The molecule has 2 aromatic heterocycles. The van der Waals surface area contributed by atoms with Crippen LogP contribution in [0.1, 0.15) is 11.3 Å². The molecule has 29 heavy (non-hydrogen) atoms. The molecule has 2 aromatic carbocycles. The number of halogens is 1. The molecule has 2 heterocycles. The Balaban J connectivity index is 1.71. The van der Waals surface area contributed by atoms with E-state index in [1.807, 2.05) is 31.2 Å². The van der Waals surface area contributed by atoms with Crippen molar-refractivity contribution >= 4 is 17.4 Å². The number of anilines is 1. The molecule has 0 saturated carbocycles. The lowest BCUT2D eigenvalue weighted by Gasteiger charge is -2.11. The molecule has 0 aliphatic rings. The van der Waals surface area contributed by atoms with Crippen molar-refractivity contribution in [2.45, 2.75) is 20.4 Å². The van der Waals surface area contributed by atoms with E-state index in [0.717, 1.165) is 11.1 Å². The van der Waals surface area contributed by atoms with Crippen LogP contribution in [0.2, 0.25) is 0 Å². The number of nitrogens with zero attached hydrogens (tertiary/aromatic N) is 4.